The minimum Gasteiger partial charge on any atom is -0.493 e. The minimum absolute atomic E-state index is 0.0154. The molecule has 2 heterocycles. The topological polar surface area (TPSA) is 101 Å². The van der Waals surface area contributed by atoms with Crippen molar-refractivity contribution in [1.29, 1.82) is 0 Å². The summed E-state index contributed by atoms with van der Waals surface area (Å²) in [6, 6.07) is 4.33. The molecule has 1 amide bonds. The predicted molar refractivity (Wildman–Crippen MR) is 105 cm³/mol. The molecular formula is C21H21F5N2O5. The van der Waals surface area contributed by atoms with Gasteiger partial charge in [0.25, 0.3) is 5.91 Å². The van der Waals surface area contributed by atoms with E-state index in [1.54, 1.807) is 0 Å². The van der Waals surface area contributed by atoms with Crippen LogP contribution in [0.5, 0.6) is 5.75 Å². The number of benzene rings is 1. The van der Waals surface area contributed by atoms with Gasteiger partial charge < -0.3 is 25.0 Å². The van der Waals surface area contributed by atoms with E-state index in [0.29, 0.717) is 0 Å². The first-order valence-corrected chi connectivity index (χ1v) is 9.74. The number of aliphatic hydroxyl groups excluding tert-OH is 2. The van der Waals surface area contributed by atoms with Gasteiger partial charge in [-0.05, 0) is 31.5 Å². The van der Waals surface area contributed by atoms with Crippen molar-refractivity contribution in [3.8, 4) is 5.75 Å². The van der Waals surface area contributed by atoms with E-state index in [2.05, 4.69) is 10.3 Å². The highest BCUT2D eigenvalue weighted by molar-refractivity contribution is 5.95. The first-order chi connectivity index (χ1) is 15.4. The van der Waals surface area contributed by atoms with Crippen LogP contribution in [-0.2, 0) is 9.53 Å². The maximum absolute atomic E-state index is 14.3. The third kappa shape index (κ3) is 4.77. The maximum atomic E-state index is 14.3. The Morgan fingerprint density at radius 3 is 2.67 bits per heavy atom. The van der Waals surface area contributed by atoms with Crippen LogP contribution in [0, 0.1) is 11.6 Å². The van der Waals surface area contributed by atoms with Gasteiger partial charge in [0.1, 0.15) is 12.2 Å². The highest BCUT2D eigenvalue weighted by Gasteiger charge is 2.61. The van der Waals surface area contributed by atoms with E-state index in [0.717, 1.165) is 26.2 Å². The Kier molecular flexibility index (Phi) is 6.91. The molecule has 3 rings (SSSR count). The van der Waals surface area contributed by atoms with Crippen LogP contribution >= 0.6 is 0 Å². The maximum Gasteiger partial charge on any atom is 0.417 e. The number of halogens is 5. The highest BCUT2D eigenvalue weighted by Crippen LogP contribution is 2.51. The van der Waals surface area contributed by atoms with Gasteiger partial charge in [-0.25, -0.2) is 4.39 Å². The molecule has 0 bridgehead atoms. The number of amides is 1. The molecule has 0 radical (unpaired) electrons. The number of aromatic nitrogens is 1. The molecule has 0 saturated carbocycles. The lowest BCUT2D eigenvalue weighted by atomic mass is 9.85. The largest absolute Gasteiger partial charge is 0.493 e. The summed E-state index contributed by atoms with van der Waals surface area (Å²) in [7, 11) is 1.03. The van der Waals surface area contributed by atoms with Crippen LogP contribution in [0.3, 0.4) is 0 Å². The molecule has 7 nitrogen and oxygen atoms in total. The number of carbonyl (C=O) groups excluding carboxylic acids is 1. The number of pyridine rings is 1. The van der Waals surface area contributed by atoms with Crippen molar-refractivity contribution >= 4 is 11.6 Å². The summed E-state index contributed by atoms with van der Waals surface area (Å²) in [4.78, 5) is 16.8. The van der Waals surface area contributed by atoms with Crippen molar-refractivity contribution in [3.63, 3.8) is 0 Å². The van der Waals surface area contributed by atoms with Gasteiger partial charge in [-0.3, -0.25) is 9.78 Å². The van der Waals surface area contributed by atoms with Crippen molar-refractivity contribution in [1.82, 2.24) is 4.98 Å². The van der Waals surface area contributed by atoms with Gasteiger partial charge in [0, 0.05) is 23.4 Å². The zero-order valence-corrected chi connectivity index (χ0v) is 17.5. The van der Waals surface area contributed by atoms with Crippen LogP contribution < -0.4 is 10.1 Å². The smallest absolute Gasteiger partial charge is 0.417 e. The van der Waals surface area contributed by atoms with Gasteiger partial charge in [0.05, 0.1) is 19.4 Å². The number of anilines is 1. The Balaban J connectivity index is 1.99. The summed E-state index contributed by atoms with van der Waals surface area (Å²) >= 11 is 0. The van der Waals surface area contributed by atoms with Gasteiger partial charge in [-0.15, -0.1) is 0 Å². The number of ether oxygens (including phenoxy) is 2. The van der Waals surface area contributed by atoms with Crippen LogP contribution in [0.1, 0.15) is 36.6 Å². The number of alkyl halides is 3. The molecule has 180 valence electrons. The number of methoxy groups -OCH3 is 1. The molecule has 12 heteroatoms. The third-order valence-electron chi connectivity index (χ3n) is 5.47. The fourth-order valence-corrected chi connectivity index (χ4v) is 3.69. The summed E-state index contributed by atoms with van der Waals surface area (Å²) in [6.45, 7) is 0.125. The first-order valence-electron chi connectivity index (χ1n) is 9.74. The molecule has 0 spiro atoms. The molecule has 1 aromatic heterocycles. The second-order valence-corrected chi connectivity index (χ2v) is 7.72. The number of nitrogens with one attached hydrogen (secondary N) is 1. The van der Waals surface area contributed by atoms with E-state index in [4.69, 9.17) is 14.6 Å². The zero-order chi connectivity index (χ0) is 24.6. The van der Waals surface area contributed by atoms with Crippen molar-refractivity contribution in [2.45, 2.75) is 43.2 Å². The molecule has 1 aliphatic heterocycles. The zero-order valence-electron chi connectivity index (χ0n) is 17.5. The number of aliphatic hydroxyl groups is 2. The summed E-state index contributed by atoms with van der Waals surface area (Å²) in [6.07, 6.45) is -7.47. The fourth-order valence-electron chi connectivity index (χ4n) is 3.69. The van der Waals surface area contributed by atoms with E-state index in [1.165, 1.54) is 18.3 Å². The minimum atomic E-state index is -4.86. The lowest BCUT2D eigenvalue weighted by Crippen LogP contribution is -2.43. The second kappa shape index (κ2) is 9.20. The molecule has 33 heavy (non-hydrogen) atoms. The van der Waals surface area contributed by atoms with Gasteiger partial charge in [0.2, 0.25) is 5.82 Å². The van der Waals surface area contributed by atoms with Crippen LogP contribution in [0.2, 0.25) is 0 Å². The normalized spacial score (nSPS) is 23.9. The Labute approximate surface area is 185 Å². The lowest BCUT2D eigenvalue weighted by Gasteiger charge is -2.27. The molecule has 3 N–H and O–H groups in total. The van der Waals surface area contributed by atoms with E-state index in [1.807, 2.05) is 0 Å². The third-order valence-corrected chi connectivity index (χ3v) is 5.47. The Morgan fingerprint density at radius 1 is 1.36 bits per heavy atom. The number of rotatable bonds is 6. The van der Waals surface area contributed by atoms with Crippen molar-refractivity contribution < 1.29 is 46.4 Å². The van der Waals surface area contributed by atoms with Crippen LogP contribution in [0.4, 0.5) is 27.6 Å². The molecule has 0 unspecified atom stereocenters. The fraction of sp³-hybridized carbons (Fsp3) is 0.429. The van der Waals surface area contributed by atoms with E-state index < -0.39 is 66.2 Å². The summed E-state index contributed by atoms with van der Waals surface area (Å²) in [5.41, 5.74) is -2.82. The van der Waals surface area contributed by atoms with Crippen molar-refractivity contribution in [2.24, 2.45) is 0 Å². The number of carbonyl (C=O) groups is 1. The van der Waals surface area contributed by atoms with E-state index in [9.17, 15) is 31.9 Å². The van der Waals surface area contributed by atoms with Crippen LogP contribution in [0.25, 0.3) is 0 Å². The SMILES string of the molecule is COc1c([C@H]2C[C@@](C)(C(F)(F)F)O[C@@H]2C(=O)Nc2ccnc([C@H](O)CO)c2)ccc(F)c1F. The molecule has 1 aromatic carbocycles. The molecule has 4 atom stereocenters. The lowest BCUT2D eigenvalue weighted by molar-refractivity contribution is -0.261. The van der Waals surface area contributed by atoms with Crippen molar-refractivity contribution in [3.05, 3.63) is 53.4 Å². The molecule has 0 aliphatic carbocycles. The van der Waals surface area contributed by atoms with Gasteiger partial charge >= 0.3 is 6.18 Å². The second-order valence-electron chi connectivity index (χ2n) is 7.72. The first kappa shape index (κ1) is 24.8. The molecule has 1 saturated heterocycles. The summed E-state index contributed by atoms with van der Waals surface area (Å²) in [5, 5.41) is 21.1. The predicted octanol–water partition coefficient (Wildman–Crippen LogP) is 3.23. The van der Waals surface area contributed by atoms with Gasteiger partial charge in [-0.1, -0.05) is 6.07 Å². The molecule has 1 aliphatic rings. The molecule has 2 aromatic rings. The molecule has 1 fully saturated rings. The highest BCUT2D eigenvalue weighted by atomic mass is 19.4. The number of hydrogen-bond acceptors (Lipinski definition) is 6. The average molecular weight is 476 g/mol. The van der Waals surface area contributed by atoms with E-state index >= 15 is 0 Å². The summed E-state index contributed by atoms with van der Waals surface area (Å²) in [5.74, 6) is -5.60. The quantitative estimate of drug-likeness (QED) is 0.554. The Bertz CT molecular complexity index is 1030. The van der Waals surface area contributed by atoms with Crippen LogP contribution in [0.15, 0.2) is 30.5 Å². The monoisotopic (exact) mass is 476 g/mol. The average Bonchev–Trinajstić information content (AvgIpc) is 3.14. The van der Waals surface area contributed by atoms with Gasteiger partial charge in [0.15, 0.2) is 17.2 Å². The summed E-state index contributed by atoms with van der Waals surface area (Å²) < 4.78 is 79.1. The van der Waals surface area contributed by atoms with Crippen molar-refractivity contribution in [2.75, 3.05) is 19.0 Å². The standard InChI is InChI=1S/C21H21F5N2O5/c1-20(21(24,25)26)8-12(11-3-4-13(22)16(23)17(11)32-2)18(33-20)19(31)28-10-5-6-27-14(7-10)15(30)9-29/h3-7,12,15,18,29-30H,8-9H2,1-2H3,(H,27,28,31)/t12-,15-,18+,20+/m1/s1. The molecular weight excluding hydrogens is 455 g/mol. The van der Waals surface area contributed by atoms with Crippen LogP contribution in [-0.4, -0.2) is 52.7 Å². The van der Waals surface area contributed by atoms with E-state index in [-0.39, 0.29) is 16.9 Å². The van der Waals surface area contributed by atoms with Gasteiger partial charge in [-0.2, -0.15) is 17.6 Å². The Hall–Kier alpha value is -2.83. The number of hydrogen-bond donors (Lipinski definition) is 3. The number of nitrogens with zero attached hydrogens (tertiary/aromatic N) is 1. The Morgan fingerprint density at radius 2 is 2.06 bits per heavy atom.